The highest BCUT2D eigenvalue weighted by atomic mass is 15.0. The highest BCUT2D eigenvalue weighted by molar-refractivity contribution is 6.07. The quantitative estimate of drug-likeness (QED) is 0.439. The first-order valence-corrected chi connectivity index (χ1v) is 7.88. The monoisotopic (exact) mass is 283 g/mol. The molecule has 0 radical (unpaired) electrons. The molecule has 0 fully saturated rings. The van der Waals surface area contributed by atoms with Crippen LogP contribution in [-0.4, -0.2) is 4.57 Å². The maximum absolute atomic E-state index is 3.00. The SMILES string of the molecule is C=C.CC.CC.CCn1c2ccccc2c2ccccc21. The number of aryl methyl sites for hydroxylation is 1. The summed E-state index contributed by atoms with van der Waals surface area (Å²) in [5.74, 6) is 0. The molecular formula is C20H29N. The van der Waals surface area contributed by atoms with Crippen LogP contribution in [0.3, 0.4) is 0 Å². The minimum atomic E-state index is 1.02. The van der Waals surface area contributed by atoms with Gasteiger partial charge < -0.3 is 4.57 Å². The van der Waals surface area contributed by atoms with E-state index in [1.165, 1.54) is 21.8 Å². The van der Waals surface area contributed by atoms with Crippen LogP contribution in [-0.2, 0) is 6.54 Å². The molecule has 0 amide bonds. The first-order valence-electron chi connectivity index (χ1n) is 7.88. The zero-order valence-electron chi connectivity index (χ0n) is 14.2. The second kappa shape index (κ2) is 10.7. The lowest BCUT2D eigenvalue weighted by molar-refractivity contribution is 0.827. The Balaban J connectivity index is 0.000000598. The molecule has 2 aromatic carbocycles. The van der Waals surface area contributed by atoms with Gasteiger partial charge in [0.25, 0.3) is 0 Å². The molecule has 0 unspecified atom stereocenters. The molecule has 0 bridgehead atoms. The van der Waals surface area contributed by atoms with Crippen LogP contribution < -0.4 is 0 Å². The molecule has 0 aliphatic rings. The second-order valence-electron chi connectivity index (χ2n) is 3.78. The maximum atomic E-state index is 3.00. The summed E-state index contributed by atoms with van der Waals surface area (Å²) in [4.78, 5) is 0. The zero-order chi connectivity index (χ0) is 16.3. The lowest BCUT2D eigenvalue weighted by Crippen LogP contribution is -1.91. The molecule has 1 heteroatoms. The Hall–Kier alpha value is -2.02. The molecule has 1 aromatic heterocycles. The van der Waals surface area contributed by atoms with E-state index in [-0.39, 0.29) is 0 Å². The van der Waals surface area contributed by atoms with Crippen molar-refractivity contribution in [3.05, 3.63) is 61.7 Å². The molecule has 1 nitrogen and oxygen atoms in total. The number of benzene rings is 2. The molecule has 114 valence electrons. The van der Waals surface area contributed by atoms with Crippen LogP contribution in [0.15, 0.2) is 61.7 Å². The Morgan fingerprint density at radius 3 is 1.38 bits per heavy atom. The zero-order valence-corrected chi connectivity index (χ0v) is 14.2. The number of aromatic nitrogens is 1. The molecule has 0 aliphatic heterocycles. The number of nitrogens with zero attached hydrogens (tertiary/aromatic N) is 1. The Morgan fingerprint density at radius 1 is 0.714 bits per heavy atom. The molecule has 1 heterocycles. The van der Waals surface area contributed by atoms with Crippen LogP contribution in [0.4, 0.5) is 0 Å². The number of para-hydroxylation sites is 2. The van der Waals surface area contributed by atoms with E-state index in [9.17, 15) is 0 Å². The number of fused-ring (bicyclic) bond motifs is 3. The third kappa shape index (κ3) is 3.98. The molecule has 0 spiro atoms. The van der Waals surface area contributed by atoms with E-state index in [4.69, 9.17) is 0 Å². The predicted octanol–water partition coefficient (Wildman–Crippen LogP) is 6.67. The van der Waals surface area contributed by atoms with Crippen molar-refractivity contribution in [1.82, 2.24) is 4.57 Å². The topological polar surface area (TPSA) is 4.93 Å². The molecule has 0 aliphatic carbocycles. The van der Waals surface area contributed by atoms with Crippen molar-refractivity contribution in [2.24, 2.45) is 0 Å². The first kappa shape index (κ1) is 19.0. The Morgan fingerprint density at radius 2 is 1.05 bits per heavy atom. The summed E-state index contributed by atoms with van der Waals surface area (Å²) in [6, 6.07) is 17.2. The Kier molecular flexibility index (Phi) is 9.70. The van der Waals surface area contributed by atoms with E-state index in [0.717, 1.165) is 6.54 Å². The fraction of sp³-hybridized carbons (Fsp3) is 0.300. The van der Waals surface area contributed by atoms with E-state index in [1.54, 1.807) is 0 Å². The lowest BCUT2D eigenvalue weighted by Gasteiger charge is -2.01. The predicted molar refractivity (Wildman–Crippen MR) is 99.1 cm³/mol. The van der Waals surface area contributed by atoms with Crippen molar-refractivity contribution in [3.63, 3.8) is 0 Å². The van der Waals surface area contributed by atoms with Gasteiger partial charge in [-0.1, -0.05) is 64.1 Å². The molecule has 0 saturated carbocycles. The van der Waals surface area contributed by atoms with Gasteiger partial charge in [0, 0.05) is 28.4 Å². The molecule has 3 rings (SSSR count). The van der Waals surface area contributed by atoms with E-state index in [0.29, 0.717) is 0 Å². The summed E-state index contributed by atoms with van der Waals surface area (Å²) in [6.07, 6.45) is 0. The number of hydrogen-bond donors (Lipinski definition) is 0. The largest absolute Gasteiger partial charge is 0.341 e. The van der Waals surface area contributed by atoms with Gasteiger partial charge in [-0.15, -0.1) is 13.2 Å². The van der Waals surface area contributed by atoms with Crippen LogP contribution in [0.5, 0.6) is 0 Å². The van der Waals surface area contributed by atoms with E-state index < -0.39 is 0 Å². The van der Waals surface area contributed by atoms with Gasteiger partial charge in [0.05, 0.1) is 0 Å². The van der Waals surface area contributed by atoms with Gasteiger partial charge in [0.15, 0.2) is 0 Å². The van der Waals surface area contributed by atoms with Crippen molar-refractivity contribution in [2.75, 3.05) is 0 Å². The standard InChI is InChI=1S/C14H13N.2C2H6.C2H4/c1-2-15-13-9-5-3-7-11(13)12-8-4-6-10-14(12)15;3*1-2/h3-10H,2H2,1H3;2*1-2H3;1-2H2. The van der Waals surface area contributed by atoms with E-state index in [1.807, 2.05) is 27.7 Å². The van der Waals surface area contributed by atoms with Crippen molar-refractivity contribution < 1.29 is 0 Å². The summed E-state index contributed by atoms with van der Waals surface area (Å²) in [6.45, 7) is 17.2. The van der Waals surface area contributed by atoms with Crippen LogP contribution >= 0.6 is 0 Å². The van der Waals surface area contributed by atoms with Gasteiger partial charge in [0.1, 0.15) is 0 Å². The van der Waals surface area contributed by atoms with Gasteiger partial charge in [-0.25, -0.2) is 0 Å². The van der Waals surface area contributed by atoms with Crippen LogP contribution in [0.2, 0.25) is 0 Å². The smallest absolute Gasteiger partial charge is 0.0491 e. The second-order valence-corrected chi connectivity index (χ2v) is 3.78. The lowest BCUT2D eigenvalue weighted by atomic mass is 10.2. The highest BCUT2D eigenvalue weighted by Gasteiger charge is 2.06. The van der Waals surface area contributed by atoms with Crippen molar-refractivity contribution in [3.8, 4) is 0 Å². The number of hydrogen-bond acceptors (Lipinski definition) is 0. The van der Waals surface area contributed by atoms with Crippen LogP contribution in [0, 0.1) is 0 Å². The molecular weight excluding hydrogens is 254 g/mol. The van der Waals surface area contributed by atoms with Gasteiger partial charge in [-0.3, -0.25) is 0 Å². The highest BCUT2D eigenvalue weighted by Crippen LogP contribution is 2.28. The van der Waals surface area contributed by atoms with E-state index in [2.05, 4.69) is 73.2 Å². The summed E-state index contributed by atoms with van der Waals surface area (Å²) in [5.41, 5.74) is 2.67. The fourth-order valence-corrected chi connectivity index (χ4v) is 2.34. The van der Waals surface area contributed by atoms with E-state index >= 15 is 0 Å². The maximum Gasteiger partial charge on any atom is 0.0491 e. The summed E-state index contributed by atoms with van der Waals surface area (Å²) >= 11 is 0. The summed E-state index contributed by atoms with van der Waals surface area (Å²) in [7, 11) is 0. The van der Waals surface area contributed by atoms with Gasteiger partial charge in [-0.2, -0.15) is 0 Å². The van der Waals surface area contributed by atoms with Crippen molar-refractivity contribution in [1.29, 1.82) is 0 Å². The molecule has 3 aromatic rings. The number of rotatable bonds is 1. The molecule has 0 atom stereocenters. The van der Waals surface area contributed by atoms with Crippen molar-refractivity contribution in [2.45, 2.75) is 41.2 Å². The molecule has 21 heavy (non-hydrogen) atoms. The minimum absolute atomic E-state index is 1.02. The minimum Gasteiger partial charge on any atom is -0.341 e. The van der Waals surface area contributed by atoms with Crippen LogP contribution in [0.1, 0.15) is 34.6 Å². The molecule has 0 N–H and O–H groups in total. The normalized spacial score (nSPS) is 8.81. The third-order valence-electron chi connectivity index (χ3n) is 3.00. The summed E-state index contributed by atoms with van der Waals surface area (Å²) < 4.78 is 2.37. The third-order valence-corrected chi connectivity index (χ3v) is 3.00. The fourth-order valence-electron chi connectivity index (χ4n) is 2.34. The first-order chi connectivity index (χ1) is 10.4. The van der Waals surface area contributed by atoms with Gasteiger partial charge in [0.2, 0.25) is 0 Å². The Labute approximate surface area is 129 Å². The van der Waals surface area contributed by atoms with Gasteiger partial charge in [-0.05, 0) is 19.1 Å². The molecule has 0 saturated heterocycles. The average molecular weight is 283 g/mol. The Bertz CT molecular complexity index is 581. The van der Waals surface area contributed by atoms with Crippen LogP contribution in [0.25, 0.3) is 21.8 Å². The summed E-state index contributed by atoms with van der Waals surface area (Å²) in [5, 5.41) is 2.71. The van der Waals surface area contributed by atoms with Gasteiger partial charge >= 0.3 is 0 Å². The van der Waals surface area contributed by atoms with Crippen molar-refractivity contribution >= 4 is 21.8 Å². The average Bonchev–Trinajstić information content (AvgIpc) is 2.94.